The molecule has 0 unspecified atom stereocenters. The summed E-state index contributed by atoms with van der Waals surface area (Å²) in [4.78, 5) is 24.6. The number of allylic oxidation sites excluding steroid dienone is 6. The van der Waals surface area contributed by atoms with Crippen LogP contribution in [0.4, 0.5) is 0 Å². The van der Waals surface area contributed by atoms with Crippen molar-refractivity contribution in [3.63, 3.8) is 0 Å². The van der Waals surface area contributed by atoms with Crippen LogP contribution in [0.3, 0.4) is 0 Å². The van der Waals surface area contributed by atoms with E-state index in [1.807, 2.05) is 24.3 Å². The molecule has 4 rings (SSSR count). The van der Waals surface area contributed by atoms with Crippen molar-refractivity contribution in [1.29, 1.82) is 0 Å². The van der Waals surface area contributed by atoms with Gasteiger partial charge in [0.25, 0.3) is 0 Å². The topological polar surface area (TPSA) is 34.1 Å². The van der Waals surface area contributed by atoms with Gasteiger partial charge in [-0.15, -0.1) is 0 Å². The van der Waals surface area contributed by atoms with Gasteiger partial charge in [0.15, 0.2) is 0 Å². The molecule has 0 aliphatic heterocycles. The Balaban J connectivity index is 2.10. The lowest BCUT2D eigenvalue weighted by molar-refractivity contribution is 0.103. The highest BCUT2D eigenvalue weighted by Gasteiger charge is 2.28. The van der Waals surface area contributed by atoms with Crippen molar-refractivity contribution in [1.82, 2.24) is 0 Å². The van der Waals surface area contributed by atoms with Gasteiger partial charge in [-0.05, 0) is 34.4 Å². The van der Waals surface area contributed by atoms with Crippen LogP contribution in [-0.4, -0.2) is 11.6 Å². The van der Waals surface area contributed by atoms with Crippen LogP contribution in [0.15, 0.2) is 70.7 Å². The number of benzene rings is 2. The zero-order valence-corrected chi connectivity index (χ0v) is 13.9. The average Bonchev–Trinajstić information content (AvgIpc) is 2.61. The molecule has 0 aromatic heterocycles. The Kier molecular flexibility index (Phi) is 3.52. The summed E-state index contributed by atoms with van der Waals surface area (Å²) >= 11 is 12.3. The molecule has 0 saturated heterocycles. The number of hydrogen-bond donors (Lipinski definition) is 0. The van der Waals surface area contributed by atoms with Gasteiger partial charge < -0.3 is 0 Å². The first-order valence-electron chi connectivity index (χ1n) is 7.35. The quantitative estimate of drug-likeness (QED) is 0.649. The van der Waals surface area contributed by atoms with Crippen LogP contribution in [0.25, 0.3) is 11.1 Å². The largest absolute Gasteiger partial charge is 0.288 e. The summed E-state index contributed by atoms with van der Waals surface area (Å²) in [5.74, 6) is -0.404. The molecular weight excluding hydrogens is 343 g/mol. The van der Waals surface area contributed by atoms with Crippen molar-refractivity contribution >= 4 is 45.9 Å². The summed E-state index contributed by atoms with van der Waals surface area (Å²) in [5.41, 5.74) is 4.23. The minimum atomic E-state index is -0.202. The van der Waals surface area contributed by atoms with Crippen LogP contribution in [-0.2, 0) is 0 Å². The summed E-state index contributed by atoms with van der Waals surface area (Å²) in [5, 5.41) is 0.296. The van der Waals surface area contributed by atoms with Crippen molar-refractivity contribution in [2.75, 3.05) is 0 Å². The van der Waals surface area contributed by atoms with E-state index in [4.69, 9.17) is 23.2 Å². The standard InChI is InChI=1S/C20H10Cl2O2/c21-17-9-15(11-5-1-3-7-13(11)19(17)23)16-10-18(22)20(24)14-8-4-2-6-12(14)16/h1-10H/b16-15+. The maximum Gasteiger partial charge on any atom is 0.205 e. The molecule has 0 radical (unpaired) electrons. The average molecular weight is 353 g/mol. The summed E-state index contributed by atoms with van der Waals surface area (Å²) in [6.45, 7) is 0. The van der Waals surface area contributed by atoms with E-state index >= 15 is 0 Å². The Hall–Kier alpha value is -2.42. The molecule has 2 aliphatic rings. The van der Waals surface area contributed by atoms with Gasteiger partial charge in [0, 0.05) is 11.1 Å². The summed E-state index contributed by atoms with van der Waals surface area (Å²) < 4.78 is 0. The second-order valence-electron chi connectivity index (χ2n) is 5.56. The second kappa shape index (κ2) is 5.59. The van der Waals surface area contributed by atoms with E-state index < -0.39 is 0 Å². The Bertz CT molecular complexity index is 928. The first-order chi connectivity index (χ1) is 11.6. The van der Waals surface area contributed by atoms with Gasteiger partial charge in [0.2, 0.25) is 11.6 Å². The molecule has 116 valence electrons. The second-order valence-corrected chi connectivity index (χ2v) is 6.38. The summed E-state index contributed by atoms with van der Waals surface area (Å²) in [6, 6.07) is 14.6. The third kappa shape index (κ3) is 2.19. The SMILES string of the molecule is O=C1C(Cl)=C/C(=C2/C=C(Cl)C(=O)c3ccccc32)c2ccccc21. The zero-order chi connectivity index (χ0) is 16.8. The maximum atomic E-state index is 12.3. The van der Waals surface area contributed by atoms with Crippen LogP contribution < -0.4 is 0 Å². The number of hydrogen-bond acceptors (Lipinski definition) is 2. The highest BCUT2D eigenvalue weighted by molar-refractivity contribution is 6.49. The molecular formula is C20H10Cl2O2. The van der Waals surface area contributed by atoms with Gasteiger partial charge in [0.05, 0.1) is 10.1 Å². The Labute approximate surface area is 148 Å². The highest BCUT2D eigenvalue weighted by Crippen LogP contribution is 2.40. The van der Waals surface area contributed by atoms with E-state index in [1.165, 1.54) is 0 Å². The zero-order valence-electron chi connectivity index (χ0n) is 12.3. The molecule has 0 fully saturated rings. The number of rotatable bonds is 0. The first-order valence-corrected chi connectivity index (χ1v) is 8.10. The van der Waals surface area contributed by atoms with Crippen LogP contribution in [0.1, 0.15) is 31.8 Å². The van der Waals surface area contributed by atoms with Crippen molar-refractivity contribution < 1.29 is 9.59 Å². The summed E-state index contributed by atoms with van der Waals surface area (Å²) in [6.07, 6.45) is 3.30. The van der Waals surface area contributed by atoms with Crippen molar-refractivity contribution in [3.8, 4) is 0 Å². The van der Waals surface area contributed by atoms with Crippen LogP contribution in [0.5, 0.6) is 0 Å². The van der Waals surface area contributed by atoms with Crippen LogP contribution in [0, 0.1) is 0 Å². The minimum absolute atomic E-state index is 0.148. The van der Waals surface area contributed by atoms with Gasteiger partial charge in [-0.3, -0.25) is 9.59 Å². The lowest BCUT2D eigenvalue weighted by Crippen LogP contribution is -2.12. The fourth-order valence-electron chi connectivity index (χ4n) is 3.07. The van der Waals surface area contributed by atoms with Crippen LogP contribution >= 0.6 is 23.2 Å². The lowest BCUT2D eigenvalue weighted by atomic mass is 9.82. The van der Waals surface area contributed by atoms with Gasteiger partial charge in [-0.1, -0.05) is 71.7 Å². The van der Waals surface area contributed by atoms with Crippen LogP contribution in [0.2, 0.25) is 0 Å². The maximum absolute atomic E-state index is 12.3. The molecule has 0 bridgehead atoms. The molecule has 24 heavy (non-hydrogen) atoms. The van der Waals surface area contributed by atoms with Gasteiger partial charge in [0.1, 0.15) is 0 Å². The Morgan fingerprint density at radius 3 is 1.25 bits per heavy atom. The number of Topliss-reactive ketones (excluding diaryl/α,β-unsaturated/α-hetero) is 2. The molecule has 0 spiro atoms. The number of carbonyl (C=O) groups is 2. The van der Waals surface area contributed by atoms with E-state index in [2.05, 4.69) is 0 Å². The molecule has 0 atom stereocenters. The van der Waals surface area contributed by atoms with Crippen molar-refractivity contribution in [2.24, 2.45) is 0 Å². The highest BCUT2D eigenvalue weighted by atomic mass is 35.5. The monoisotopic (exact) mass is 352 g/mol. The van der Waals surface area contributed by atoms with E-state index in [0.29, 0.717) is 11.1 Å². The molecule has 0 amide bonds. The predicted molar refractivity (Wildman–Crippen MR) is 96.2 cm³/mol. The normalized spacial score (nSPS) is 19.4. The van der Waals surface area contributed by atoms with Gasteiger partial charge in [-0.2, -0.15) is 0 Å². The molecule has 2 nitrogen and oxygen atoms in total. The van der Waals surface area contributed by atoms with E-state index in [1.54, 1.807) is 36.4 Å². The molecule has 0 N–H and O–H groups in total. The fraction of sp³-hybridized carbons (Fsp3) is 0. The number of carbonyl (C=O) groups excluding carboxylic acids is 2. The molecule has 0 heterocycles. The Morgan fingerprint density at radius 1 is 0.542 bits per heavy atom. The number of halogens is 2. The molecule has 0 saturated carbocycles. The fourth-order valence-corrected chi connectivity index (χ4v) is 3.50. The van der Waals surface area contributed by atoms with E-state index in [9.17, 15) is 9.59 Å². The third-order valence-corrected chi connectivity index (χ3v) is 4.75. The van der Waals surface area contributed by atoms with Gasteiger partial charge in [-0.25, -0.2) is 0 Å². The minimum Gasteiger partial charge on any atom is -0.288 e. The smallest absolute Gasteiger partial charge is 0.205 e. The van der Waals surface area contributed by atoms with E-state index in [0.717, 1.165) is 22.3 Å². The number of ketones is 2. The Morgan fingerprint density at radius 2 is 0.875 bits per heavy atom. The predicted octanol–water partition coefficient (Wildman–Crippen LogP) is 5.24. The third-order valence-electron chi connectivity index (χ3n) is 4.19. The van der Waals surface area contributed by atoms with E-state index in [-0.39, 0.29) is 21.6 Å². The van der Waals surface area contributed by atoms with Crippen molar-refractivity contribution in [2.45, 2.75) is 0 Å². The molecule has 2 aromatic carbocycles. The van der Waals surface area contributed by atoms with Gasteiger partial charge >= 0.3 is 0 Å². The molecule has 2 aliphatic carbocycles. The molecule has 2 aromatic rings. The van der Waals surface area contributed by atoms with Crippen molar-refractivity contribution in [3.05, 3.63) is 93.0 Å². The first kappa shape index (κ1) is 15.1. The molecule has 4 heteroatoms. The summed E-state index contributed by atoms with van der Waals surface area (Å²) in [7, 11) is 0. The number of fused-ring (bicyclic) bond motifs is 2. The lowest BCUT2D eigenvalue weighted by Gasteiger charge is -2.22.